The topological polar surface area (TPSA) is 104 Å². The Morgan fingerprint density at radius 1 is 0.897 bits per heavy atom. The molecule has 0 unspecified atom stereocenters. The average molecular weight is 543 g/mol. The molecule has 4 aliphatic rings. The molecule has 214 valence electrons. The van der Waals surface area contributed by atoms with Gasteiger partial charge in [-0.25, -0.2) is 4.79 Å². The molecule has 9 nitrogen and oxygen atoms in total. The largest absolute Gasteiger partial charge is 0.473 e. The van der Waals surface area contributed by atoms with Gasteiger partial charge in [0.05, 0.1) is 26.0 Å². The number of fused-ring (bicyclic) bond motifs is 4. The third-order valence-corrected chi connectivity index (χ3v) is 9.32. The molecule has 3 fully saturated rings. The summed E-state index contributed by atoms with van der Waals surface area (Å²) in [5, 5.41) is 0. The zero-order valence-corrected chi connectivity index (χ0v) is 23.1. The van der Waals surface area contributed by atoms with E-state index >= 15 is 0 Å². The van der Waals surface area contributed by atoms with Gasteiger partial charge in [-0.2, -0.15) is 0 Å². The molecule has 1 saturated heterocycles. The van der Waals surface area contributed by atoms with Crippen molar-refractivity contribution < 1.29 is 28.6 Å². The molecule has 2 bridgehead atoms. The Labute approximate surface area is 230 Å². The van der Waals surface area contributed by atoms with Gasteiger partial charge in [0, 0.05) is 19.0 Å². The Bertz CT molecular complexity index is 1100. The van der Waals surface area contributed by atoms with Crippen LogP contribution >= 0.6 is 0 Å². The average Bonchev–Trinajstić information content (AvgIpc) is 3.69. The van der Waals surface area contributed by atoms with Crippen LogP contribution in [0.4, 0.5) is 0 Å². The minimum atomic E-state index is -0.794. The molecule has 0 radical (unpaired) electrons. The maximum absolute atomic E-state index is 14.1. The Hall–Kier alpha value is -2.84. The lowest BCUT2D eigenvalue weighted by Crippen LogP contribution is -2.46. The summed E-state index contributed by atoms with van der Waals surface area (Å²) in [7, 11) is 1.32. The van der Waals surface area contributed by atoms with Crippen molar-refractivity contribution in [1.29, 1.82) is 0 Å². The standard InChI is InChI=1S/C30H42N2O7/c1-37-30(36)24-17-22-19-32(24)29(35)23(20-9-4-5-10-20)18-28(34)39-25-13-7-12-21(25)11-3-2-6-16-31-26(33)14-8-15-27(31)38-22/h8,14-15,20-25H,2-7,9-13,16-19H2,1H3/t21-,22-,23+,24+,25-/m1/s1. The van der Waals surface area contributed by atoms with Crippen LogP contribution in [-0.2, 0) is 30.4 Å². The summed E-state index contributed by atoms with van der Waals surface area (Å²) in [4.78, 5) is 54.4. The van der Waals surface area contributed by atoms with E-state index in [2.05, 4.69) is 0 Å². The molecular weight excluding hydrogens is 500 g/mol. The van der Waals surface area contributed by atoms with E-state index in [-0.39, 0.29) is 48.8 Å². The highest BCUT2D eigenvalue weighted by Crippen LogP contribution is 2.38. The molecule has 5 atom stereocenters. The predicted octanol–water partition coefficient (Wildman–Crippen LogP) is 3.85. The molecule has 2 aliphatic carbocycles. The maximum atomic E-state index is 14.1. The van der Waals surface area contributed by atoms with E-state index in [1.54, 1.807) is 21.6 Å². The van der Waals surface area contributed by atoms with Gasteiger partial charge in [-0.3, -0.25) is 19.0 Å². The SMILES string of the molecule is COC(=O)[C@@H]1C[C@@H]2CN1C(=O)[C@H](C1CCCC1)CC(=O)O[C@@H]1CCC[C@H]1CCCCCn1c(cccc1=O)O2. The Balaban J connectivity index is 1.45. The number of rotatable bonds is 2. The van der Waals surface area contributed by atoms with E-state index in [0.717, 1.165) is 70.6 Å². The number of amides is 1. The predicted molar refractivity (Wildman–Crippen MR) is 143 cm³/mol. The maximum Gasteiger partial charge on any atom is 0.328 e. The smallest absolute Gasteiger partial charge is 0.328 e. The van der Waals surface area contributed by atoms with Crippen molar-refractivity contribution in [3.8, 4) is 5.88 Å². The fraction of sp³-hybridized carbons (Fsp3) is 0.733. The van der Waals surface area contributed by atoms with E-state index in [1.165, 1.54) is 13.2 Å². The van der Waals surface area contributed by atoms with Gasteiger partial charge in [-0.15, -0.1) is 0 Å². The van der Waals surface area contributed by atoms with Gasteiger partial charge in [0.25, 0.3) is 5.56 Å². The Morgan fingerprint density at radius 3 is 2.44 bits per heavy atom. The molecule has 1 amide bonds. The third kappa shape index (κ3) is 6.33. The fourth-order valence-electron chi connectivity index (χ4n) is 7.25. The fourth-order valence-corrected chi connectivity index (χ4v) is 7.25. The summed E-state index contributed by atoms with van der Waals surface area (Å²) in [5.74, 6) is -0.629. The Morgan fingerprint density at radius 2 is 1.64 bits per heavy atom. The number of esters is 2. The van der Waals surface area contributed by atoms with Crippen LogP contribution in [-0.4, -0.2) is 59.2 Å². The van der Waals surface area contributed by atoms with Crippen molar-refractivity contribution in [2.45, 2.75) is 108 Å². The monoisotopic (exact) mass is 542 g/mol. The summed E-state index contributed by atoms with van der Waals surface area (Å²) in [6.45, 7) is 0.738. The quantitative estimate of drug-likeness (QED) is 0.523. The number of hydrogen-bond acceptors (Lipinski definition) is 7. The molecule has 5 rings (SSSR count). The van der Waals surface area contributed by atoms with Crippen LogP contribution in [0.3, 0.4) is 0 Å². The number of carbonyl (C=O) groups excluding carboxylic acids is 3. The van der Waals surface area contributed by atoms with Crippen molar-refractivity contribution in [3.05, 3.63) is 28.6 Å². The van der Waals surface area contributed by atoms with E-state index in [9.17, 15) is 19.2 Å². The molecule has 9 heteroatoms. The van der Waals surface area contributed by atoms with Gasteiger partial charge in [0.1, 0.15) is 18.2 Å². The third-order valence-electron chi connectivity index (χ3n) is 9.32. The van der Waals surface area contributed by atoms with Gasteiger partial charge in [0.15, 0.2) is 5.88 Å². The van der Waals surface area contributed by atoms with Crippen LogP contribution in [0.15, 0.2) is 23.0 Å². The van der Waals surface area contributed by atoms with Crippen molar-refractivity contribution in [2.75, 3.05) is 13.7 Å². The van der Waals surface area contributed by atoms with Crippen molar-refractivity contribution in [2.24, 2.45) is 17.8 Å². The van der Waals surface area contributed by atoms with Gasteiger partial charge in [0.2, 0.25) is 5.91 Å². The van der Waals surface area contributed by atoms with E-state index in [0.29, 0.717) is 18.3 Å². The lowest BCUT2D eigenvalue weighted by molar-refractivity contribution is -0.158. The highest BCUT2D eigenvalue weighted by atomic mass is 16.5. The first-order valence-corrected chi connectivity index (χ1v) is 14.9. The van der Waals surface area contributed by atoms with Crippen LogP contribution in [0, 0.1) is 17.8 Å². The summed E-state index contributed by atoms with van der Waals surface area (Å²) >= 11 is 0. The van der Waals surface area contributed by atoms with E-state index in [4.69, 9.17) is 14.2 Å². The van der Waals surface area contributed by atoms with Crippen molar-refractivity contribution in [3.63, 3.8) is 0 Å². The second kappa shape index (κ2) is 12.6. The van der Waals surface area contributed by atoms with Crippen LogP contribution < -0.4 is 10.3 Å². The highest BCUT2D eigenvalue weighted by Gasteiger charge is 2.46. The minimum Gasteiger partial charge on any atom is -0.473 e. The van der Waals surface area contributed by atoms with Crippen molar-refractivity contribution in [1.82, 2.24) is 9.47 Å². The zero-order valence-electron chi connectivity index (χ0n) is 23.1. The number of hydrogen-bond donors (Lipinski definition) is 0. The zero-order chi connectivity index (χ0) is 27.4. The molecule has 39 heavy (non-hydrogen) atoms. The molecule has 2 aliphatic heterocycles. The highest BCUT2D eigenvalue weighted by molar-refractivity contribution is 5.89. The lowest BCUT2D eigenvalue weighted by atomic mass is 9.86. The number of methoxy groups -OCH3 is 1. The number of nitrogens with zero attached hydrogens (tertiary/aromatic N) is 2. The van der Waals surface area contributed by atoms with E-state index < -0.39 is 24.0 Å². The summed E-state index contributed by atoms with van der Waals surface area (Å²) in [6, 6.07) is 4.19. The van der Waals surface area contributed by atoms with E-state index in [1.807, 2.05) is 0 Å². The number of pyridine rings is 1. The van der Waals surface area contributed by atoms with Crippen LogP contribution in [0.2, 0.25) is 0 Å². The molecule has 1 aromatic rings. The summed E-state index contributed by atoms with van der Waals surface area (Å²) < 4.78 is 19.0. The second-order valence-corrected chi connectivity index (χ2v) is 11.8. The van der Waals surface area contributed by atoms with Crippen LogP contribution in [0.5, 0.6) is 5.88 Å². The van der Waals surface area contributed by atoms with Crippen LogP contribution in [0.25, 0.3) is 0 Å². The van der Waals surface area contributed by atoms with Gasteiger partial charge >= 0.3 is 11.9 Å². The lowest BCUT2D eigenvalue weighted by Gasteiger charge is -2.30. The van der Waals surface area contributed by atoms with Crippen molar-refractivity contribution >= 4 is 17.8 Å². The van der Waals surface area contributed by atoms with Crippen LogP contribution in [0.1, 0.15) is 83.5 Å². The normalized spacial score (nSPS) is 31.0. The molecule has 0 spiro atoms. The molecule has 0 N–H and O–H groups in total. The first-order valence-electron chi connectivity index (χ1n) is 14.9. The summed E-state index contributed by atoms with van der Waals surface area (Å²) in [6.07, 6.45) is 10.4. The first kappa shape index (κ1) is 27.7. The number of aromatic nitrogens is 1. The number of carbonyl (C=O) groups is 3. The molecule has 1 aromatic heterocycles. The summed E-state index contributed by atoms with van der Waals surface area (Å²) in [5.41, 5.74) is -0.124. The van der Waals surface area contributed by atoms with Gasteiger partial charge in [-0.05, 0) is 62.8 Å². The first-order chi connectivity index (χ1) is 18.9. The van der Waals surface area contributed by atoms with Gasteiger partial charge < -0.3 is 19.1 Å². The van der Waals surface area contributed by atoms with Gasteiger partial charge in [-0.1, -0.05) is 31.7 Å². The molecule has 2 saturated carbocycles. The Kier molecular flexibility index (Phi) is 8.92. The molecule has 3 heterocycles. The molecule has 0 aromatic carbocycles. The molecular formula is C30H42N2O7. The second-order valence-electron chi connectivity index (χ2n) is 11.8. The number of ether oxygens (including phenoxy) is 3. The minimum absolute atomic E-state index is 0.0425.